The summed E-state index contributed by atoms with van der Waals surface area (Å²) < 4.78 is 5.31. The first-order valence-electron chi connectivity index (χ1n) is 6.01. The van der Waals surface area contributed by atoms with E-state index in [0.29, 0.717) is 10.8 Å². The number of amides is 2. The van der Waals surface area contributed by atoms with Gasteiger partial charge in [-0.2, -0.15) is 0 Å². The molecule has 8 heteroatoms. The van der Waals surface area contributed by atoms with Gasteiger partial charge in [0.15, 0.2) is 5.13 Å². The lowest BCUT2D eigenvalue weighted by atomic mass is 10.2. The first-order valence-corrected chi connectivity index (χ1v) is 6.89. The van der Waals surface area contributed by atoms with Crippen molar-refractivity contribution in [2.24, 2.45) is 5.73 Å². The standard InChI is InChI=1S/C13H13N4O3S/c14-12(19)10(20-8-9-3-1-2-4-15-9)7-11(18)17-13-16-5-6-21-13/h1-7,10H,8H2,(H2,14,19)(H,16,17,18)/t10-/m1/s1. The van der Waals surface area contributed by atoms with Crippen molar-refractivity contribution in [2.75, 3.05) is 5.32 Å². The fraction of sp³-hybridized carbons (Fsp3) is 0.154. The SMILES string of the molecule is NC(=O)[C@@H]([CH]C(=O)Nc1nccs1)OCc1ccccn1. The third kappa shape index (κ3) is 4.93. The van der Waals surface area contributed by atoms with Crippen molar-refractivity contribution in [1.29, 1.82) is 0 Å². The third-order valence-corrected chi connectivity index (χ3v) is 3.07. The van der Waals surface area contributed by atoms with E-state index in [1.807, 2.05) is 0 Å². The summed E-state index contributed by atoms with van der Waals surface area (Å²) in [6.07, 6.45) is 3.11. The Bertz CT molecular complexity index is 589. The molecule has 2 aromatic rings. The van der Waals surface area contributed by atoms with Crippen LogP contribution in [0.25, 0.3) is 0 Å². The van der Waals surface area contributed by atoms with Gasteiger partial charge in [0.25, 0.3) is 0 Å². The van der Waals surface area contributed by atoms with E-state index >= 15 is 0 Å². The molecule has 2 heterocycles. The fourth-order valence-electron chi connectivity index (χ4n) is 1.44. The van der Waals surface area contributed by atoms with E-state index in [0.717, 1.165) is 6.42 Å². The van der Waals surface area contributed by atoms with Crippen molar-refractivity contribution in [2.45, 2.75) is 12.7 Å². The summed E-state index contributed by atoms with van der Waals surface area (Å²) in [6.45, 7) is 0.0788. The molecule has 1 radical (unpaired) electrons. The number of ether oxygens (including phenoxy) is 1. The van der Waals surface area contributed by atoms with Crippen LogP contribution in [-0.2, 0) is 20.9 Å². The highest BCUT2D eigenvalue weighted by Gasteiger charge is 2.21. The van der Waals surface area contributed by atoms with Crippen LogP contribution in [0.4, 0.5) is 5.13 Å². The number of nitrogens with one attached hydrogen (secondary N) is 1. The Labute approximate surface area is 125 Å². The smallest absolute Gasteiger partial charge is 0.247 e. The maximum atomic E-state index is 11.7. The minimum absolute atomic E-state index is 0.0788. The number of rotatable bonds is 7. The maximum Gasteiger partial charge on any atom is 0.247 e. The molecule has 3 N–H and O–H groups in total. The van der Waals surface area contributed by atoms with E-state index in [9.17, 15) is 9.59 Å². The number of hydrogen-bond donors (Lipinski definition) is 2. The lowest BCUT2D eigenvalue weighted by molar-refractivity contribution is -0.130. The van der Waals surface area contributed by atoms with E-state index in [4.69, 9.17) is 10.5 Å². The number of nitrogens with two attached hydrogens (primary N) is 1. The van der Waals surface area contributed by atoms with Crippen LogP contribution in [0.5, 0.6) is 0 Å². The third-order valence-electron chi connectivity index (χ3n) is 2.38. The van der Waals surface area contributed by atoms with Gasteiger partial charge in [-0.1, -0.05) is 6.07 Å². The van der Waals surface area contributed by atoms with Gasteiger partial charge in [0.05, 0.1) is 18.7 Å². The molecule has 0 aliphatic rings. The molecule has 1 atom stereocenters. The van der Waals surface area contributed by atoms with Gasteiger partial charge in [-0.15, -0.1) is 11.3 Å². The molecule has 0 bridgehead atoms. The maximum absolute atomic E-state index is 11.7. The van der Waals surface area contributed by atoms with Crippen molar-refractivity contribution in [3.05, 3.63) is 48.1 Å². The number of carbonyl (C=O) groups is 2. The Kier molecular flexibility index (Phi) is 5.35. The highest BCUT2D eigenvalue weighted by atomic mass is 32.1. The molecule has 0 saturated heterocycles. The summed E-state index contributed by atoms with van der Waals surface area (Å²) in [5.41, 5.74) is 5.85. The number of aromatic nitrogens is 2. The number of carbonyl (C=O) groups excluding carboxylic acids is 2. The highest BCUT2D eigenvalue weighted by Crippen LogP contribution is 2.11. The Morgan fingerprint density at radius 3 is 2.86 bits per heavy atom. The second-order valence-corrected chi connectivity index (χ2v) is 4.84. The Balaban J connectivity index is 1.87. The summed E-state index contributed by atoms with van der Waals surface area (Å²) in [6, 6.07) is 5.31. The van der Waals surface area contributed by atoms with Gasteiger partial charge in [-0.3, -0.25) is 14.6 Å². The highest BCUT2D eigenvalue weighted by molar-refractivity contribution is 7.13. The summed E-state index contributed by atoms with van der Waals surface area (Å²) in [5.74, 6) is -1.25. The molecule has 2 rings (SSSR count). The molecule has 7 nitrogen and oxygen atoms in total. The van der Waals surface area contributed by atoms with Crippen LogP contribution in [0.3, 0.4) is 0 Å². The average molecular weight is 305 g/mol. The predicted molar refractivity (Wildman–Crippen MR) is 77.1 cm³/mol. The molecular formula is C13H13N4O3S. The molecule has 0 saturated carbocycles. The van der Waals surface area contributed by atoms with E-state index in [1.165, 1.54) is 11.3 Å². The van der Waals surface area contributed by atoms with E-state index in [1.54, 1.807) is 36.0 Å². The average Bonchev–Trinajstić information content (AvgIpc) is 2.97. The van der Waals surface area contributed by atoms with Gasteiger partial charge >= 0.3 is 0 Å². The lowest BCUT2D eigenvalue weighted by Crippen LogP contribution is -2.35. The number of primary amides is 1. The van der Waals surface area contributed by atoms with Crippen LogP contribution in [0.2, 0.25) is 0 Å². The van der Waals surface area contributed by atoms with E-state index < -0.39 is 17.9 Å². The Hall–Kier alpha value is -2.32. The second kappa shape index (κ2) is 7.46. The number of pyridine rings is 1. The van der Waals surface area contributed by atoms with Crippen LogP contribution < -0.4 is 11.1 Å². The Morgan fingerprint density at radius 1 is 1.38 bits per heavy atom. The minimum Gasteiger partial charge on any atom is -0.367 e. The van der Waals surface area contributed by atoms with Crippen molar-refractivity contribution in [3.8, 4) is 0 Å². The molecule has 0 fully saturated rings. The predicted octanol–water partition coefficient (Wildman–Crippen LogP) is 0.752. The zero-order chi connectivity index (χ0) is 15.1. The van der Waals surface area contributed by atoms with Gasteiger partial charge in [0.1, 0.15) is 6.10 Å². The number of thiazole rings is 1. The van der Waals surface area contributed by atoms with E-state index in [2.05, 4.69) is 15.3 Å². The molecule has 21 heavy (non-hydrogen) atoms. The van der Waals surface area contributed by atoms with Gasteiger partial charge < -0.3 is 15.8 Å². The molecule has 0 aliphatic heterocycles. The molecule has 0 unspecified atom stereocenters. The van der Waals surface area contributed by atoms with Crippen molar-refractivity contribution < 1.29 is 14.3 Å². The molecular weight excluding hydrogens is 292 g/mol. The van der Waals surface area contributed by atoms with Crippen LogP contribution in [-0.4, -0.2) is 27.9 Å². The first-order chi connectivity index (χ1) is 10.1. The Morgan fingerprint density at radius 2 is 2.24 bits per heavy atom. The normalized spacial score (nSPS) is 11.8. The molecule has 2 aromatic heterocycles. The molecule has 0 aromatic carbocycles. The lowest BCUT2D eigenvalue weighted by Gasteiger charge is -2.13. The summed E-state index contributed by atoms with van der Waals surface area (Å²) >= 11 is 1.27. The number of nitrogens with zero attached hydrogens (tertiary/aromatic N) is 2. The zero-order valence-corrected chi connectivity index (χ0v) is 11.7. The monoisotopic (exact) mass is 305 g/mol. The minimum atomic E-state index is -1.13. The van der Waals surface area contributed by atoms with Gasteiger partial charge in [-0.25, -0.2) is 4.98 Å². The van der Waals surface area contributed by atoms with Crippen LogP contribution >= 0.6 is 11.3 Å². The van der Waals surface area contributed by atoms with Gasteiger partial charge in [-0.05, 0) is 12.1 Å². The second-order valence-electron chi connectivity index (χ2n) is 3.95. The van der Waals surface area contributed by atoms with Crippen LogP contribution in [0.15, 0.2) is 36.0 Å². The largest absolute Gasteiger partial charge is 0.367 e. The van der Waals surface area contributed by atoms with Gasteiger partial charge in [0, 0.05) is 17.8 Å². The molecule has 109 valence electrons. The molecule has 0 aliphatic carbocycles. The quantitative estimate of drug-likeness (QED) is 0.785. The fourth-order valence-corrected chi connectivity index (χ4v) is 1.97. The summed E-state index contributed by atoms with van der Waals surface area (Å²) in [5, 5.41) is 4.67. The topological polar surface area (TPSA) is 107 Å². The zero-order valence-electron chi connectivity index (χ0n) is 10.9. The van der Waals surface area contributed by atoms with E-state index in [-0.39, 0.29) is 6.61 Å². The summed E-state index contributed by atoms with van der Waals surface area (Å²) in [7, 11) is 0. The molecule has 0 spiro atoms. The van der Waals surface area contributed by atoms with Crippen molar-refractivity contribution in [3.63, 3.8) is 0 Å². The molecule has 2 amide bonds. The van der Waals surface area contributed by atoms with Crippen molar-refractivity contribution >= 4 is 28.3 Å². The van der Waals surface area contributed by atoms with Crippen LogP contribution in [0, 0.1) is 6.42 Å². The van der Waals surface area contributed by atoms with Gasteiger partial charge in [0.2, 0.25) is 11.8 Å². The number of hydrogen-bond acceptors (Lipinski definition) is 6. The summed E-state index contributed by atoms with van der Waals surface area (Å²) in [4.78, 5) is 31.0. The van der Waals surface area contributed by atoms with Crippen LogP contribution in [0.1, 0.15) is 5.69 Å². The van der Waals surface area contributed by atoms with Crippen molar-refractivity contribution in [1.82, 2.24) is 9.97 Å². The number of anilines is 1. The first kappa shape index (κ1) is 15.1.